The number of methoxy groups -OCH3 is 1. The lowest BCUT2D eigenvalue weighted by Crippen LogP contribution is -2.13. The lowest BCUT2D eigenvalue weighted by molar-refractivity contribution is -0.116. The standard InChI is InChI=1S/C20H21N5O3/c1-3-6-19(27)21-17-8-5-4-7-16(17)20-22-24-25(23-20)13-18(26)14-9-11-15(28-2)12-10-14/h4-5,7-12H,3,6,13H2,1-2H3,(H,21,27). The number of hydrogen-bond acceptors (Lipinski definition) is 6. The van der Waals surface area contributed by atoms with Gasteiger partial charge < -0.3 is 10.1 Å². The number of para-hydroxylation sites is 1. The molecule has 0 bridgehead atoms. The van der Waals surface area contributed by atoms with Gasteiger partial charge in [-0.05, 0) is 48.0 Å². The molecule has 0 atom stereocenters. The highest BCUT2D eigenvalue weighted by molar-refractivity contribution is 5.96. The van der Waals surface area contributed by atoms with Gasteiger partial charge in [-0.3, -0.25) is 9.59 Å². The van der Waals surface area contributed by atoms with Crippen molar-refractivity contribution in [1.82, 2.24) is 20.2 Å². The van der Waals surface area contributed by atoms with Gasteiger partial charge >= 0.3 is 0 Å². The molecule has 8 nitrogen and oxygen atoms in total. The number of amides is 1. The minimum absolute atomic E-state index is 0.0380. The number of anilines is 1. The second kappa shape index (κ2) is 8.90. The van der Waals surface area contributed by atoms with Gasteiger partial charge in [-0.15, -0.1) is 10.2 Å². The first-order valence-corrected chi connectivity index (χ1v) is 8.95. The Balaban J connectivity index is 1.75. The van der Waals surface area contributed by atoms with Gasteiger partial charge in [0.25, 0.3) is 0 Å². The van der Waals surface area contributed by atoms with Gasteiger partial charge in [0, 0.05) is 17.5 Å². The Morgan fingerprint density at radius 2 is 1.86 bits per heavy atom. The summed E-state index contributed by atoms with van der Waals surface area (Å²) in [6, 6.07) is 14.1. The Labute approximate surface area is 162 Å². The molecule has 0 aliphatic rings. The van der Waals surface area contributed by atoms with E-state index in [0.717, 1.165) is 6.42 Å². The van der Waals surface area contributed by atoms with Crippen LogP contribution in [0.25, 0.3) is 11.4 Å². The Kier molecular flexibility index (Phi) is 6.11. The number of nitrogens with one attached hydrogen (secondary N) is 1. The summed E-state index contributed by atoms with van der Waals surface area (Å²) in [5.41, 5.74) is 1.80. The molecule has 1 N–H and O–H groups in total. The number of carbonyl (C=O) groups is 2. The second-order valence-corrected chi connectivity index (χ2v) is 6.14. The first-order chi connectivity index (χ1) is 13.6. The number of rotatable bonds is 8. The van der Waals surface area contributed by atoms with Crippen molar-refractivity contribution in [2.24, 2.45) is 0 Å². The number of tetrazole rings is 1. The molecule has 0 saturated carbocycles. The zero-order valence-corrected chi connectivity index (χ0v) is 15.8. The molecular weight excluding hydrogens is 358 g/mol. The number of nitrogens with zero attached hydrogens (tertiary/aromatic N) is 4. The fourth-order valence-electron chi connectivity index (χ4n) is 2.64. The van der Waals surface area contributed by atoms with Crippen LogP contribution >= 0.6 is 0 Å². The largest absolute Gasteiger partial charge is 0.497 e. The average Bonchev–Trinajstić information content (AvgIpc) is 3.17. The van der Waals surface area contributed by atoms with Crippen LogP contribution < -0.4 is 10.1 Å². The maximum Gasteiger partial charge on any atom is 0.224 e. The summed E-state index contributed by atoms with van der Waals surface area (Å²) in [6.07, 6.45) is 1.20. The van der Waals surface area contributed by atoms with E-state index in [4.69, 9.17) is 4.74 Å². The predicted molar refractivity (Wildman–Crippen MR) is 104 cm³/mol. The molecular formula is C20H21N5O3. The monoisotopic (exact) mass is 379 g/mol. The molecule has 1 aromatic heterocycles. The van der Waals surface area contributed by atoms with Crippen LogP contribution in [0.5, 0.6) is 5.75 Å². The third-order valence-corrected chi connectivity index (χ3v) is 4.07. The third-order valence-electron chi connectivity index (χ3n) is 4.07. The molecule has 144 valence electrons. The van der Waals surface area contributed by atoms with Gasteiger partial charge in [-0.2, -0.15) is 4.80 Å². The van der Waals surface area contributed by atoms with Gasteiger partial charge in [0.1, 0.15) is 12.3 Å². The van der Waals surface area contributed by atoms with Crippen LogP contribution in [0.15, 0.2) is 48.5 Å². The van der Waals surface area contributed by atoms with Crippen LogP contribution in [0.4, 0.5) is 5.69 Å². The van der Waals surface area contributed by atoms with Crippen LogP contribution in [0.2, 0.25) is 0 Å². The van der Waals surface area contributed by atoms with Gasteiger partial charge in [0.05, 0.1) is 12.8 Å². The molecule has 0 radical (unpaired) electrons. The zero-order valence-electron chi connectivity index (χ0n) is 15.8. The van der Waals surface area contributed by atoms with Gasteiger partial charge in [0.2, 0.25) is 11.7 Å². The van der Waals surface area contributed by atoms with E-state index in [2.05, 4.69) is 20.7 Å². The predicted octanol–water partition coefficient (Wildman–Crippen LogP) is 2.97. The molecule has 28 heavy (non-hydrogen) atoms. The molecule has 8 heteroatoms. The van der Waals surface area contributed by atoms with Crippen molar-refractivity contribution in [1.29, 1.82) is 0 Å². The fourth-order valence-corrected chi connectivity index (χ4v) is 2.64. The van der Waals surface area contributed by atoms with E-state index >= 15 is 0 Å². The molecule has 3 aromatic rings. The van der Waals surface area contributed by atoms with E-state index in [1.165, 1.54) is 4.80 Å². The molecule has 0 spiro atoms. The maximum atomic E-state index is 12.4. The van der Waals surface area contributed by atoms with Crippen LogP contribution in [-0.2, 0) is 11.3 Å². The Morgan fingerprint density at radius 1 is 1.11 bits per heavy atom. The lowest BCUT2D eigenvalue weighted by Gasteiger charge is -2.07. The molecule has 0 aliphatic heterocycles. The summed E-state index contributed by atoms with van der Waals surface area (Å²) in [7, 11) is 1.57. The molecule has 3 rings (SSSR count). The first kappa shape index (κ1) is 19.2. The number of hydrogen-bond donors (Lipinski definition) is 1. The fraction of sp³-hybridized carbons (Fsp3) is 0.250. The van der Waals surface area contributed by atoms with Crippen LogP contribution in [0.1, 0.15) is 30.1 Å². The van der Waals surface area contributed by atoms with Crippen molar-refractivity contribution in [3.63, 3.8) is 0 Å². The van der Waals surface area contributed by atoms with Gasteiger partial charge in [0.15, 0.2) is 5.78 Å². The van der Waals surface area contributed by atoms with Gasteiger partial charge in [-0.25, -0.2) is 0 Å². The minimum Gasteiger partial charge on any atom is -0.497 e. The van der Waals surface area contributed by atoms with E-state index in [1.807, 2.05) is 19.1 Å². The number of aromatic nitrogens is 4. The summed E-state index contributed by atoms with van der Waals surface area (Å²) in [6.45, 7) is 1.90. The number of carbonyl (C=O) groups excluding carboxylic acids is 2. The number of ether oxygens (including phenoxy) is 1. The molecule has 0 fully saturated rings. The topological polar surface area (TPSA) is 99.0 Å². The smallest absolute Gasteiger partial charge is 0.224 e. The number of Topliss-reactive ketones (excluding diaryl/α,β-unsaturated/α-hetero) is 1. The summed E-state index contributed by atoms with van der Waals surface area (Å²) in [4.78, 5) is 25.6. The van der Waals surface area contributed by atoms with Crippen LogP contribution in [-0.4, -0.2) is 39.0 Å². The SMILES string of the molecule is CCCC(=O)Nc1ccccc1-c1nnn(CC(=O)c2ccc(OC)cc2)n1. The van der Waals surface area contributed by atoms with Crippen molar-refractivity contribution >= 4 is 17.4 Å². The Morgan fingerprint density at radius 3 is 2.57 bits per heavy atom. The summed E-state index contributed by atoms with van der Waals surface area (Å²) in [5.74, 6) is 0.808. The van der Waals surface area contributed by atoms with Crippen molar-refractivity contribution in [2.45, 2.75) is 26.3 Å². The van der Waals surface area contributed by atoms with Crippen molar-refractivity contribution in [3.05, 3.63) is 54.1 Å². The highest BCUT2D eigenvalue weighted by Gasteiger charge is 2.14. The van der Waals surface area contributed by atoms with E-state index in [0.29, 0.717) is 34.8 Å². The summed E-state index contributed by atoms with van der Waals surface area (Å²) in [5, 5.41) is 15.2. The first-order valence-electron chi connectivity index (χ1n) is 8.95. The zero-order chi connectivity index (χ0) is 19.9. The number of ketones is 1. The molecule has 0 aliphatic carbocycles. The number of benzene rings is 2. The van der Waals surface area contributed by atoms with Crippen molar-refractivity contribution in [3.8, 4) is 17.1 Å². The maximum absolute atomic E-state index is 12.4. The van der Waals surface area contributed by atoms with E-state index in [1.54, 1.807) is 43.5 Å². The van der Waals surface area contributed by atoms with Crippen LogP contribution in [0, 0.1) is 0 Å². The Bertz CT molecular complexity index is 966. The molecule has 0 unspecified atom stereocenters. The van der Waals surface area contributed by atoms with E-state index in [9.17, 15) is 9.59 Å². The molecule has 1 amide bonds. The molecule has 1 heterocycles. The quantitative estimate of drug-likeness (QED) is 0.604. The van der Waals surface area contributed by atoms with Gasteiger partial charge in [-0.1, -0.05) is 19.1 Å². The summed E-state index contributed by atoms with van der Waals surface area (Å²) >= 11 is 0. The van der Waals surface area contributed by atoms with Crippen LogP contribution in [0.3, 0.4) is 0 Å². The van der Waals surface area contributed by atoms with Crippen molar-refractivity contribution in [2.75, 3.05) is 12.4 Å². The lowest BCUT2D eigenvalue weighted by atomic mass is 10.1. The molecule has 0 saturated heterocycles. The Hall–Kier alpha value is -3.55. The van der Waals surface area contributed by atoms with E-state index < -0.39 is 0 Å². The highest BCUT2D eigenvalue weighted by atomic mass is 16.5. The van der Waals surface area contributed by atoms with E-state index in [-0.39, 0.29) is 18.2 Å². The third kappa shape index (κ3) is 4.59. The normalized spacial score (nSPS) is 10.5. The average molecular weight is 379 g/mol. The second-order valence-electron chi connectivity index (χ2n) is 6.14. The summed E-state index contributed by atoms with van der Waals surface area (Å²) < 4.78 is 5.09. The highest BCUT2D eigenvalue weighted by Crippen LogP contribution is 2.24. The molecule has 2 aromatic carbocycles. The minimum atomic E-state index is -0.142. The van der Waals surface area contributed by atoms with Crippen molar-refractivity contribution < 1.29 is 14.3 Å².